The summed E-state index contributed by atoms with van der Waals surface area (Å²) in [7, 11) is 0. The van der Waals surface area contributed by atoms with E-state index in [-0.39, 0.29) is 0 Å². The van der Waals surface area contributed by atoms with E-state index < -0.39 is 29.9 Å². The lowest BCUT2D eigenvalue weighted by atomic mass is 9.86. The fourth-order valence-electron chi connectivity index (χ4n) is 1.59. The summed E-state index contributed by atoms with van der Waals surface area (Å²) in [4.78, 5) is 24.5. The molecule has 1 atom stereocenters. The summed E-state index contributed by atoms with van der Waals surface area (Å²) in [6.45, 7) is 5.05. The second-order valence-electron chi connectivity index (χ2n) is 5.64. The average molecular weight is 299 g/mol. The van der Waals surface area contributed by atoms with E-state index in [2.05, 4.69) is 0 Å². The molecule has 0 aliphatic heterocycles. The maximum absolute atomic E-state index is 12.4. The smallest absolute Gasteiger partial charge is 0.323 e. The Kier molecular flexibility index (Phi) is 5.14. The fourth-order valence-corrected chi connectivity index (χ4v) is 1.72. The van der Waals surface area contributed by atoms with Crippen molar-refractivity contribution in [2.24, 2.45) is 11.1 Å². The molecule has 1 aromatic carbocycles. The molecule has 0 unspecified atom stereocenters. The van der Waals surface area contributed by atoms with Crippen LogP contribution < -0.4 is 10.6 Å². The van der Waals surface area contributed by atoms with Crippen LogP contribution in [0.4, 0.5) is 5.69 Å². The van der Waals surface area contributed by atoms with Crippen LogP contribution in [0.3, 0.4) is 0 Å². The second kappa shape index (κ2) is 6.24. The summed E-state index contributed by atoms with van der Waals surface area (Å²) in [6.07, 6.45) is 0. The van der Waals surface area contributed by atoms with Gasteiger partial charge in [0.1, 0.15) is 6.54 Å². The molecule has 0 bridgehead atoms. The van der Waals surface area contributed by atoms with Gasteiger partial charge in [-0.3, -0.25) is 14.5 Å². The number of rotatable bonds is 4. The molecule has 6 heteroatoms. The van der Waals surface area contributed by atoms with Crippen molar-refractivity contribution in [1.82, 2.24) is 0 Å². The molecule has 1 aromatic rings. The van der Waals surface area contributed by atoms with Gasteiger partial charge < -0.3 is 10.8 Å². The molecule has 0 spiro atoms. The fraction of sp³-hybridized carbons (Fsp3) is 0.429. The van der Waals surface area contributed by atoms with Crippen LogP contribution in [-0.2, 0) is 9.59 Å². The van der Waals surface area contributed by atoms with Gasteiger partial charge in [-0.2, -0.15) is 0 Å². The number of carboxylic acids is 1. The number of halogens is 1. The summed E-state index contributed by atoms with van der Waals surface area (Å²) in [5, 5.41) is 9.48. The van der Waals surface area contributed by atoms with Gasteiger partial charge in [-0.05, 0) is 29.7 Å². The number of nitrogens with two attached hydrogens (primary N) is 1. The van der Waals surface area contributed by atoms with Crippen molar-refractivity contribution >= 4 is 29.2 Å². The minimum atomic E-state index is -1.10. The number of amides is 1. The van der Waals surface area contributed by atoms with E-state index in [1.54, 1.807) is 24.3 Å². The first-order chi connectivity index (χ1) is 9.12. The van der Waals surface area contributed by atoms with Crippen LogP contribution in [0.1, 0.15) is 20.8 Å². The molecule has 0 fully saturated rings. The van der Waals surface area contributed by atoms with E-state index in [0.717, 1.165) is 4.90 Å². The van der Waals surface area contributed by atoms with Crippen LogP contribution in [0.15, 0.2) is 24.3 Å². The number of benzene rings is 1. The molecule has 0 saturated heterocycles. The van der Waals surface area contributed by atoms with E-state index in [9.17, 15) is 9.59 Å². The van der Waals surface area contributed by atoms with Gasteiger partial charge in [0, 0.05) is 10.7 Å². The Hall–Kier alpha value is -1.59. The average Bonchev–Trinajstić information content (AvgIpc) is 2.34. The first-order valence-electron chi connectivity index (χ1n) is 6.17. The Labute approximate surface area is 123 Å². The maximum atomic E-state index is 12.4. The Morgan fingerprint density at radius 3 is 2.20 bits per heavy atom. The van der Waals surface area contributed by atoms with Crippen molar-refractivity contribution in [2.45, 2.75) is 26.8 Å². The minimum absolute atomic E-state index is 0.428. The number of anilines is 1. The first-order valence-corrected chi connectivity index (χ1v) is 6.55. The number of carbonyl (C=O) groups excluding carboxylic acids is 1. The summed E-state index contributed by atoms with van der Waals surface area (Å²) < 4.78 is 0. The van der Waals surface area contributed by atoms with Crippen molar-refractivity contribution in [3.63, 3.8) is 0 Å². The normalized spacial score (nSPS) is 12.8. The molecule has 1 rings (SSSR count). The molecule has 0 aliphatic carbocycles. The lowest BCUT2D eigenvalue weighted by Gasteiger charge is -2.31. The molecule has 0 radical (unpaired) electrons. The monoisotopic (exact) mass is 298 g/mol. The molecule has 0 heterocycles. The summed E-state index contributed by atoms with van der Waals surface area (Å²) in [5.74, 6) is -1.53. The predicted molar refractivity (Wildman–Crippen MR) is 78.9 cm³/mol. The molecule has 5 nitrogen and oxygen atoms in total. The van der Waals surface area contributed by atoms with E-state index in [1.165, 1.54) is 0 Å². The molecule has 0 aliphatic rings. The third-order valence-electron chi connectivity index (χ3n) is 2.90. The second-order valence-corrected chi connectivity index (χ2v) is 6.07. The minimum Gasteiger partial charge on any atom is -0.480 e. The standard InChI is InChI=1S/C14H19ClN2O3/c1-14(2,3)12(16)13(20)17(8-11(18)19)10-6-4-9(15)5-7-10/h4-7,12H,8,16H2,1-3H3,(H,18,19)/t12-/m0/s1. The van der Waals surface area contributed by atoms with Crippen LogP contribution >= 0.6 is 11.6 Å². The Balaban J connectivity index is 3.09. The van der Waals surface area contributed by atoms with Crippen molar-refractivity contribution in [3.05, 3.63) is 29.3 Å². The quantitative estimate of drug-likeness (QED) is 0.892. The molecule has 20 heavy (non-hydrogen) atoms. The van der Waals surface area contributed by atoms with Gasteiger partial charge in [0.05, 0.1) is 6.04 Å². The summed E-state index contributed by atoms with van der Waals surface area (Å²) in [6, 6.07) is 5.60. The lowest BCUT2D eigenvalue weighted by Crippen LogP contribution is -2.51. The highest BCUT2D eigenvalue weighted by atomic mass is 35.5. The zero-order valence-corrected chi connectivity index (χ0v) is 12.5. The highest BCUT2D eigenvalue weighted by molar-refractivity contribution is 6.30. The maximum Gasteiger partial charge on any atom is 0.323 e. The molecule has 3 N–H and O–H groups in total. The topological polar surface area (TPSA) is 83.6 Å². The van der Waals surface area contributed by atoms with Crippen LogP contribution in [0.2, 0.25) is 5.02 Å². The van der Waals surface area contributed by atoms with Gasteiger partial charge >= 0.3 is 5.97 Å². The van der Waals surface area contributed by atoms with Crippen molar-refractivity contribution in [1.29, 1.82) is 0 Å². The molecule has 110 valence electrons. The van der Waals surface area contributed by atoms with E-state index in [1.807, 2.05) is 20.8 Å². The third-order valence-corrected chi connectivity index (χ3v) is 3.15. The van der Waals surface area contributed by atoms with Crippen LogP contribution in [0.5, 0.6) is 0 Å². The van der Waals surface area contributed by atoms with Crippen LogP contribution in [-0.4, -0.2) is 29.6 Å². The van der Waals surface area contributed by atoms with Crippen LogP contribution in [0, 0.1) is 5.41 Å². The molecular formula is C14H19ClN2O3. The van der Waals surface area contributed by atoms with Gasteiger partial charge in [0.15, 0.2) is 0 Å². The largest absolute Gasteiger partial charge is 0.480 e. The molecular weight excluding hydrogens is 280 g/mol. The predicted octanol–water partition coefficient (Wildman–Crippen LogP) is 2.13. The van der Waals surface area contributed by atoms with Crippen molar-refractivity contribution in [2.75, 3.05) is 11.4 Å². The highest BCUT2D eigenvalue weighted by Gasteiger charge is 2.32. The van der Waals surface area contributed by atoms with Gasteiger partial charge in [0.2, 0.25) is 5.91 Å². The zero-order valence-electron chi connectivity index (χ0n) is 11.8. The van der Waals surface area contributed by atoms with Gasteiger partial charge in [-0.15, -0.1) is 0 Å². The van der Waals surface area contributed by atoms with Crippen molar-refractivity contribution in [3.8, 4) is 0 Å². The van der Waals surface area contributed by atoms with Gasteiger partial charge in [-0.25, -0.2) is 0 Å². The first kappa shape index (κ1) is 16.5. The van der Waals surface area contributed by atoms with Gasteiger partial charge in [0.25, 0.3) is 0 Å². The summed E-state index contributed by atoms with van der Waals surface area (Å²) >= 11 is 5.79. The third kappa shape index (κ3) is 4.21. The molecule has 0 saturated carbocycles. The highest BCUT2D eigenvalue weighted by Crippen LogP contribution is 2.23. The Morgan fingerprint density at radius 1 is 1.30 bits per heavy atom. The van der Waals surface area contributed by atoms with Gasteiger partial charge in [-0.1, -0.05) is 32.4 Å². The Morgan fingerprint density at radius 2 is 1.80 bits per heavy atom. The molecule has 1 amide bonds. The number of hydrogen-bond acceptors (Lipinski definition) is 3. The van der Waals surface area contributed by atoms with E-state index >= 15 is 0 Å². The Bertz CT molecular complexity index is 494. The number of hydrogen-bond donors (Lipinski definition) is 2. The zero-order chi connectivity index (χ0) is 15.5. The number of nitrogens with zero attached hydrogens (tertiary/aromatic N) is 1. The number of carboxylic acid groups (broad SMARTS) is 1. The van der Waals surface area contributed by atoms with Crippen LogP contribution in [0.25, 0.3) is 0 Å². The SMILES string of the molecule is CC(C)(C)[C@@H](N)C(=O)N(CC(=O)O)c1ccc(Cl)cc1. The summed E-state index contributed by atoms with van der Waals surface area (Å²) in [5.41, 5.74) is 5.93. The lowest BCUT2D eigenvalue weighted by molar-refractivity contribution is -0.137. The number of aliphatic carboxylic acids is 1. The van der Waals surface area contributed by atoms with E-state index in [0.29, 0.717) is 10.7 Å². The number of carbonyl (C=O) groups is 2. The molecule has 0 aromatic heterocycles. The van der Waals surface area contributed by atoms with Crippen molar-refractivity contribution < 1.29 is 14.7 Å². The van der Waals surface area contributed by atoms with E-state index in [4.69, 9.17) is 22.4 Å².